The third kappa shape index (κ3) is 4.81. The van der Waals surface area contributed by atoms with Crippen LogP contribution in [-0.2, 0) is 4.79 Å². The SMILES string of the molecule is CCCC(N)C(=O)N1CCC(N2CCN(CC)CC2)C1.Cl. The normalized spacial score (nSPS) is 25.7. The summed E-state index contributed by atoms with van der Waals surface area (Å²) in [6.45, 7) is 11.8. The molecule has 2 aliphatic heterocycles. The molecule has 124 valence electrons. The first-order valence-electron chi connectivity index (χ1n) is 8.16. The van der Waals surface area contributed by atoms with Gasteiger partial charge in [0.05, 0.1) is 6.04 Å². The van der Waals surface area contributed by atoms with Gasteiger partial charge in [-0.1, -0.05) is 20.3 Å². The molecule has 2 heterocycles. The maximum atomic E-state index is 12.2. The van der Waals surface area contributed by atoms with Crippen LogP contribution >= 0.6 is 12.4 Å². The van der Waals surface area contributed by atoms with Gasteiger partial charge in [0.25, 0.3) is 0 Å². The number of hydrogen-bond acceptors (Lipinski definition) is 4. The number of halogens is 1. The molecule has 2 atom stereocenters. The second kappa shape index (κ2) is 8.93. The standard InChI is InChI=1S/C15H30N4O.ClH/c1-3-5-14(16)15(20)19-7-6-13(12-19)18-10-8-17(4-2)9-11-18;/h13-14H,3-12,16H2,1-2H3;1H. The number of likely N-dealkylation sites (tertiary alicyclic amines) is 1. The highest BCUT2D eigenvalue weighted by atomic mass is 35.5. The molecule has 0 radical (unpaired) electrons. The van der Waals surface area contributed by atoms with Crippen molar-refractivity contribution >= 4 is 18.3 Å². The van der Waals surface area contributed by atoms with Crippen molar-refractivity contribution in [3.63, 3.8) is 0 Å². The molecule has 2 fully saturated rings. The molecule has 0 aromatic rings. The van der Waals surface area contributed by atoms with Gasteiger partial charge in [0.1, 0.15) is 0 Å². The average molecular weight is 319 g/mol. The number of amides is 1. The van der Waals surface area contributed by atoms with Crippen LogP contribution in [0.15, 0.2) is 0 Å². The molecule has 2 aliphatic rings. The molecule has 0 aromatic heterocycles. The van der Waals surface area contributed by atoms with E-state index in [4.69, 9.17) is 5.73 Å². The molecule has 6 heteroatoms. The Labute approximate surface area is 135 Å². The van der Waals surface area contributed by atoms with Crippen molar-refractivity contribution in [1.82, 2.24) is 14.7 Å². The van der Waals surface area contributed by atoms with Crippen LogP contribution in [0, 0.1) is 0 Å². The molecule has 2 N–H and O–H groups in total. The molecule has 0 bridgehead atoms. The first-order valence-corrected chi connectivity index (χ1v) is 8.16. The van der Waals surface area contributed by atoms with Gasteiger partial charge in [0, 0.05) is 45.3 Å². The fourth-order valence-corrected chi connectivity index (χ4v) is 3.35. The van der Waals surface area contributed by atoms with E-state index >= 15 is 0 Å². The lowest BCUT2D eigenvalue weighted by Gasteiger charge is -2.37. The minimum absolute atomic E-state index is 0. The van der Waals surface area contributed by atoms with Crippen LogP contribution in [-0.4, -0.2) is 78.5 Å². The van der Waals surface area contributed by atoms with E-state index in [0.717, 1.165) is 65.1 Å². The number of hydrogen-bond donors (Lipinski definition) is 1. The van der Waals surface area contributed by atoms with E-state index in [1.807, 2.05) is 4.90 Å². The Bertz CT molecular complexity index is 321. The van der Waals surface area contributed by atoms with Crippen LogP contribution < -0.4 is 5.73 Å². The summed E-state index contributed by atoms with van der Waals surface area (Å²) >= 11 is 0. The van der Waals surface area contributed by atoms with E-state index in [0.29, 0.717) is 6.04 Å². The van der Waals surface area contributed by atoms with Crippen molar-refractivity contribution in [3.05, 3.63) is 0 Å². The van der Waals surface area contributed by atoms with Gasteiger partial charge >= 0.3 is 0 Å². The van der Waals surface area contributed by atoms with Crippen molar-refractivity contribution in [2.75, 3.05) is 45.8 Å². The van der Waals surface area contributed by atoms with Gasteiger partial charge in [-0.05, 0) is 19.4 Å². The lowest BCUT2D eigenvalue weighted by atomic mass is 10.1. The largest absolute Gasteiger partial charge is 0.340 e. The van der Waals surface area contributed by atoms with Crippen molar-refractivity contribution in [3.8, 4) is 0 Å². The lowest BCUT2D eigenvalue weighted by Crippen LogP contribution is -2.51. The summed E-state index contributed by atoms with van der Waals surface area (Å²) in [5.74, 6) is 0.154. The average Bonchev–Trinajstić information content (AvgIpc) is 2.96. The van der Waals surface area contributed by atoms with Crippen molar-refractivity contribution in [2.24, 2.45) is 5.73 Å². The highest BCUT2D eigenvalue weighted by molar-refractivity contribution is 5.85. The van der Waals surface area contributed by atoms with Crippen molar-refractivity contribution in [2.45, 2.75) is 45.2 Å². The third-order valence-electron chi connectivity index (χ3n) is 4.76. The Morgan fingerprint density at radius 3 is 2.43 bits per heavy atom. The van der Waals surface area contributed by atoms with Crippen LogP contribution in [0.3, 0.4) is 0 Å². The van der Waals surface area contributed by atoms with Gasteiger partial charge in [-0.15, -0.1) is 12.4 Å². The predicted molar refractivity (Wildman–Crippen MR) is 88.8 cm³/mol. The van der Waals surface area contributed by atoms with E-state index in [1.165, 1.54) is 0 Å². The highest BCUT2D eigenvalue weighted by Crippen LogP contribution is 2.18. The number of nitrogens with two attached hydrogens (primary N) is 1. The molecule has 0 aromatic carbocycles. The monoisotopic (exact) mass is 318 g/mol. The number of rotatable bonds is 5. The molecule has 21 heavy (non-hydrogen) atoms. The van der Waals surface area contributed by atoms with Crippen LogP contribution in [0.4, 0.5) is 0 Å². The third-order valence-corrected chi connectivity index (χ3v) is 4.76. The van der Waals surface area contributed by atoms with Crippen LogP contribution in [0.5, 0.6) is 0 Å². The maximum absolute atomic E-state index is 12.2. The van der Waals surface area contributed by atoms with E-state index < -0.39 is 0 Å². The molecule has 0 saturated carbocycles. The molecule has 0 aliphatic carbocycles. The second-order valence-corrected chi connectivity index (χ2v) is 6.09. The minimum atomic E-state index is -0.296. The molecular formula is C15H31ClN4O. The molecule has 2 saturated heterocycles. The Balaban J connectivity index is 0.00000220. The van der Waals surface area contributed by atoms with Gasteiger partial charge in [-0.25, -0.2) is 0 Å². The topological polar surface area (TPSA) is 52.8 Å². The second-order valence-electron chi connectivity index (χ2n) is 6.09. The Kier molecular flexibility index (Phi) is 7.95. The fraction of sp³-hybridized carbons (Fsp3) is 0.933. The Hall–Kier alpha value is -0.360. The first kappa shape index (κ1) is 18.7. The molecule has 2 rings (SSSR count). The van der Waals surface area contributed by atoms with E-state index in [1.54, 1.807) is 0 Å². The maximum Gasteiger partial charge on any atom is 0.239 e. The zero-order valence-corrected chi connectivity index (χ0v) is 14.3. The lowest BCUT2D eigenvalue weighted by molar-refractivity contribution is -0.131. The van der Waals surface area contributed by atoms with Crippen molar-refractivity contribution < 1.29 is 4.79 Å². The zero-order valence-electron chi connectivity index (χ0n) is 13.5. The van der Waals surface area contributed by atoms with Crippen LogP contribution in [0.1, 0.15) is 33.1 Å². The van der Waals surface area contributed by atoms with E-state index in [2.05, 4.69) is 23.6 Å². The molecule has 0 spiro atoms. The van der Waals surface area contributed by atoms with Crippen LogP contribution in [0.25, 0.3) is 0 Å². The van der Waals surface area contributed by atoms with Crippen molar-refractivity contribution in [1.29, 1.82) is 0 Å². The van der Waals surface area contributed by atoms with E-state index in [9.17, 15) is 4.79 Å². The summed E-state index contributed by atoms with van der Waals surface area (Å²) in [5, 5.41) is 0. The van der Waals surface area contributed by atoms with Crippen LogP contribution in [0.2, 0.25) is 0 Å². The summed E-state index contributed by atoms with van der Waals surface area (Å²) in [6.07, 6.45) is 2.88. The summed E-state index contributed by atoms with van der Waals surface area (Å²) in [5.41, 5.74) is 5.96. The van der Waals surface area contributed by atoms with Gasteiger partial charge in [-0.2, -0.15) is 0 Å². The van der Waals surface area contributed by atoms with Gasteiger partial charge < -0.3 is 15.5 Å². The summed E-state index contributed by atoms with van der Waals surface area (Å²) < 4.78 is 0. The molecule has 2 unspecified atom stereocenters. The highest BCUT2D eigenvalue weighted by Gasteiger charge is 2.33. The predicted octanol–water partition coefficient (Wildman–Crippen LogP) is 0.774. The number of carbonyl (C=O) groups excluding carboxylic acids is 1. The summed E-state index contributed by atoms with van der Waals surface area (Å²) in [6, 6.07) is 0.252. The zero-order chi connectivity index (χ0) is 14.5. The quantitative estimate of drug-likeness (QED) is 0.814. The smallest absolute Gasteiger partial charge is 0.239 e. The molecular weight excluding hydrogens is 288 g/mol. The molecule has 5 nitrogen and oxygen atoms in total. The van der Waals surface area contributed by atoms with Gasteiger partial charge in [0.2, 0.25) is 5.91 Å². The van der Waals surface area contributed by atoms with Gasteiger partial charge in [0.15, 0.2) is 0 Å². The fourth-order valence-electron chi connectivity index (χ4n) is 3.35. The first-order chi connectivity index (χ1) is 9.65. The molecule has 1 amide bonds. The number of likely N-dealkylation sites (N-methyl/N-ethyl adjacent to an activating group) is 1. The Morgan fingerprint density at radius 1 is 1.19 bits per heavy atom. The summed E-state index contributed by atoms with van der Waals surface area (Å²) in [4.78, 5) is 19.3. The summed E-state index contributed by atoms with van der Waals surface area (Å²) in [7, 11) is 0. The Morgan fingerprint density at radius 2 is 1.86 bits per heavy atom. The van der Waals surface area contributed by atoms with E-state index in [-0.39, 0.29) is 24.4 Å². The minimum Gasteiger partial charge on any atom is -0.340 e. The number of nitrogens with zero attached hydrogens (tertiary/aromatic N) is 3. The number of piperazine rings is 1. The number of carbonyl (C=O) groups is 1. The van der Waals surface area contributed by atoms with Gasteiger partial charge in [-0.3, -0.25) is 9.69 Å².